The van der Waals surface area contributed by atoms with Crippen molar-refractivity contribution < 1.29 is 22.7 Å². The molecule has 0 spiro atoms. The standard InChI is InChI=1S/C13H16O5S/c1-9-4-6-12(7-5-9)19(16,17)8-13(15)10(2)18-11(3)14/h4-7,10H,8H2,1-3H3. The highest BCUT2D eigenvalue weighted by Crippen LogP contribution is 2.13. The highest BCUT2D eigenvalue weighted by Gasteiger charge is 2.24. The number of esters is 1. The van der Waals surface area contributed by atoms with Crippen molar-refractivity contribution in [3.63, 3.8) is 0 Å². The van der Waals surface area contributed by atoms with Gasteiger partial charge in [-0.1, -0.05) is 17.7 Å². The predicted octanol–water partition coefficient (Wildman–Crippen LogP) is 1.29. The molecule has 0 fully saturated rings. The van der Waals surface area contributed by atoms with Crippen LogP contribution in [0.1, 0.15) is 19.4 Å². The van der Waals surface area contributed by atoms with E-state index in [0.717, 1.165) is 12.5 Å². The van der Waals surface area contributed by atoms with Gasteiger partial charge in [0.2, 0.25) is 0 Å². The monoisotopic (exact) mass is 284 g/mol. The summed E-state index contributed by atoms with van der Waals surface area (Å²) in [4.78, 5) is 22.5. The number of ether oxygens (including phenoxy) is 1. The Balaban J connectivity index is 2.83. The first kappa shape index (κ1) is 15.4. The molecule has 0 N–H and O–H groups in total. The molecule has 1 unspecified atom stereocenters. The van der Waals surface area contributed by atoms with E-state index >= 15 is 0 Å². The summed E-state index contributed by atoms with van der Waals surface area (Å²) < 4.78 is 28.6. The molecule has 0 aliphatic carbocycles. The summed E-state index contributed by atoms with van der Waals surface area (Å²) in [5.74, 6) is -1.94. The molecule has 0 saturated carbocycles. The number of benzene rings is 1. The molecule has 0 aliphatic rings. The summed E-state index contributed by atoms with van der Waals surface area (Å²) in [6, 6.07) is 6.22. The number of hydrogen-bond donors (Lipinski definition) is 0. The third kappa shape index (κ3) is 4.48. The van der Waals surface area contributed by atoms with Crippen molar-refractivity contribution >= 4 is 21.6 Å². The molecule has 0 bridgehead atoms. The lowest BCUT2D eigenvalue weighted by molar-refractivity contribution is -0.151. The van der Waals surface area contributed by atoms with Crippen molar-refractivity contribution in [3.05, 3.63) is 29.8 Å². The quantitative estimate of drug-likeness (QED) is 0.761. The van der Waals surface area contributed by atoms with Crippen molar-refractivity contribution in [1.29, 1.82) is 0 Å². The maximum atomic E-state index is 12.0. The highest BCUT2D eigenvalue weighted by atomic mass is 32.2. The Hall–Kier alpha value is -1.69. The second kappa shape index (κ2) is 5.97. The molecule has 1 aromatic rings. The molecule has 1 atom stereocenters. The van der Waals surface area contributed by atoms with Gasteiger partial charge in [0.1, 0.15) is 5.75 Å². The Kier molecular flexibility index (Phi) is 4.83. The number of rotatable bonds is 5. The van der Waals surface area contributed by atoms with E-state index in [0.29, 0.717) is 0 Å². The van der Waals surface area contributed by atoms with Gasteiger partial charge in [-0.25, -0.2) is 8.42 Å². The number of ketones is 1. The number of sulfone groups is 1. The second-order valence-corrected chi connectivity index (χ2v) is 6.28. The van der Waals surface area contributed by atoms with Gasteiger partial charge in [0.25, 0.3) is 0 Å². The molecule has 0 amide bonds. The average molecular weight is 284 g/mol. The Labute approximate surface area is 112 Å². The Morgan fingerprint density at radius 2 is 1.74 bits per heavy atom. The first-order chi connectivity index (χ1) is 8.72. The van der Waals surface area contributed by atoms with E-state index < -0.39 is 33.4 Å². The normalized spacial score (nSPS) is 12.8. The molecule has 104 valence electrons. The summed E-state index contributed by atoms with van der Waals surface area (Å²) in [6.07, 6.45) is -1.06. The lowest BCUT2D eigenvalue weighted by Crippen LogP contribution is -2.29. The number of aryl methyl sites for hydroxylation is 1. The number of carbonyl (C=O) groups excluding carboxylic acids is 2. The third-order valence-electron chi connectivity index (χ3n) is 2.51. The molecule has 0 aromatic heterocycles. The van der Waals surface area contributed by atoms with E-state index in [-0.39, 0.29) is 4.90 Å². The van der Waals surface area contributed by atoms with E-state index in [1.54, 1.807) is 12.1 Å². The van der Waals surface area contributed by atoms with Gasteiger partial charge in [-0.3, -0.25) is 9.59 Å². The molecule has 0 saturated heterocycles. The lowest BCUT2D eigenvalue weighted by Gasteiger charge is -2.11. The fraction of sp³-hybridized carbons (Fsp3) is 0.385. The summed E-state index contributed by atoms with van der Waals surface area (Å²) >= 11 is 0. The minimum atomic E-state index is -3.70. The van der Waals surface area contributed by atoms with Gasteiger partial charge in [0, 0.05) is 6.92 Å². The van der Waals surface area contributed by atoms with Gasteiger partial charge in [0.15, 0.2) is 21.7 Å². The van der Waals surface area contributed by atoms with E-state index in [2.05, 4.69) is 4.74 Å². The fourth-order valence-corrected chi connectivity index (χ4v) is 2.77. The van der Waals surface area contributed by atoms with Gasteiger partial charge < -0.3 is 4.74 Å². The van der Waals surface area contributed by atoms with Crippen LogP contribution in [0.2, 0.25) is 0 Å². The van der Waals surface area contributed by atoms with Gasteiger partial charge in [0.05, 0.1) is 4.90 Å². The van der Waals surface area contributed by atoms with E-state index in [4.69, 9.17) is 0 Å². The number of carbonyl (C=O) groups is 2. The lowest BCUT2D eigenvalue weighted by atomic mass is 10.2. The highest BCUT2D eigenvalue weighted by molar-refractivity contribution is 7.92. The van der Waals surface area contributed by atoms with Crippen LogP contribution in [0.15, 0.2) is 29.2 Å². The molecule has 19 heavy (non-hydrogen) atoms. The SMILES string of the molecule is CC(=O)OC(C)C(=O)CS(=O)(=O)c1ccc(C)cc1. The second-order valence-electron chi connectivity index (χ2n) is 4.29. The first-order valence-electron chi connectivity index (χ1n) is 5.72. The van der Waals surface area contributed by atoms with Crippen molar-refractivity contribution in [2.24, 2.45) is 0 Å². The molecular formula is C13H16O5S. The van der Waals surface area contributed by atoms with Crippen LogP contribution >= 0.6 is 0 Å². The van der Waals surface area contributed by atoms with Gasteiger partial charge in [-0.15, -0.1) is 0 Å². The van der Waals surface area contributed by atoms with Gasteiger partial charge in [-0.2, -0.15) is 0 Å². The van der Waals surface area contributed by atoms with E-state index in [1.807, 2.05) is 6.92 Å². The van der Waals surface area contributed by atoms with Crippen molar-refractivity contribution in [2.75, 3.05) is 5.75 Å². The maximum absolute atomic E-state index is 12.0. The zero-order valence-electron chi connectivity index (χ0n) is 11.0. The molecular weight excluding hydrogens is 268 g/mol. The zero-order chi connectivity index (χ0) is 14.6. The minimum absolute atomic E-state index is 0.0847. The van der Waals surface area contributed by atoms with Crippen LogP contribution < -0.4 is 0 Å². The Morgan fingerprint density at radius 1 is 1.21 bits per heavy atom. The van der Waals surface area contributed by atoms with Crippen LogP contribution in [0.25, 0.3) is 0 Å². The number of Topliss-reactive ketones (excluding diaryl/α,β-unsaturated/α-hetero) is 1. The Bertz CT molecular complexity index is 572. The van der Waals surface area contributed by atoms with E-state index in [1.165, 1.54) is 19.1 Å². The van der Waals surface area contributed by atoms with Crippen molar-refractivity contribution in [1.82, 2.24) is 0 Å². The zero-order valence-corrected chi connectivity index (χ0v) is 11.9. The average Bonchev–Trinajstić information content (AvgIpc) is 2.27. The van der Waals surface area contributed by atoms with Crippen molar-refractivity contribution in [3.8, 4) is 0 Å². The molecule has 1 rings (SSSR count). The van der Waals surface area contributed by atoms with Crippen LogP contribution in [0.3, 0.4) is 0 Å². The third-order valence-corrected chi connectivity index (χ3v) is 4.16. The van der Waals surface area contributed by atoms with Gasteiger partial charge in [-0.05, 0) is 26.0 Å². The smallest absolute Gasteiger partial charge is 0.303 e. The molecule has 0 aliphatic heterocycles. The summed E-state index contributed by atoms with van der Waals surface area (Å²) in [6.45, 7) is 4.36. The van der Waals surface area contributed by atoms with Crippen LogP contribution in [0.4, 0.5) is 0 Å². The summed E-state index contributed by atoms with van der Waals surface area (Å²) in [5.41, 5.74) is 0.929. The molecule has 1 aromatic carbocycles. The van der Waals surface area contributed by atoms with Crippen LogP contribution in [-0.4, -0.2) is 32.0 Å². The number of hydrogen-bond acceptors (Lipinski definition) is 5. The Morgan fingerprint density at radius 3 is 2.21 bits per heavy atom. The molecule has 0 heterocycles. The van der Waals surface area contributed by atoms with Crippen LogP contribution in [-0.2, 0) is 24.2 Å². The summed E-state index contributed by atoms with van der Waals surface area (Å²) in [7, 11) is -3.70. The molecule has 0 radical (unpaired) electrons. The van der Waals surface area contributed by atoms with E-state index in [9.17, 15) is 18.0 Å². The predicted molar refractivity (Wildman–Crippen MR) is 69.5 cm³/mol. The first-order valence-corrected chi connectivity index (χ1v) is 7.37. The minimum Gasteiger partial charge on any atom is -0.455 e. The maximum Gasteiger partial charge on any atom is 0.303 e. The fourth-order valence-electron chi connectivity index (χ4n) is 1.45. The van der Waals surface area contributed by atoms with Gasteiger partial charge >= 0.3 is 5.97 Å². The van der Waals surface area contributed by atoms with Crippen molar-refractivity contribution in [2.45, 2.75) is 31.8 Å². The molecule has 6 heteroatoms. The van der Waals surface area contributed by atoms with Crippen LogP contribution in [0, 0.1) is 6.92 Å². The topological polar surface area (TPSA) is 77.5 Å². The largest absolute Gasteiger partial charge is 0.455 e. The van der Waals surface area contributed by atoms with Crippen LogP contribution in [0.5, 0.6) is 0 Å². The molecule has 5 nitrogen and oxygen atoms in total. The summed E-state index contributed by atoms with van der Waals surface area (Å²) in [5, 5.41) is 0.